The fourth-order valence-electron chi connectivity index (χ4n) is 8.33. The number of rotatable bonds is 26. The van der Waals surface area contributed by atoms with Gasteiger partial charge in [-0.25, -0.2) is 0 Å². The molecule has 4 aromatic carbocycles. The van der Waals surface area contributed by atoms with E-state index in [-0.39, 0.29) is 44.6 Å². The Kier molecular flexibility index (Phi) is 18.0. The fourth-order valence-corrected chi connectivity index (χ4v) is 8.33. The highest BCUT2D eigenvalue weighted by molar-refractivity contribution is 5.96. The second-order valence-electron chi connectivity index (χ2n) is 16.7. The quantitative estimate of drug-likeness (QED) is 0.0482. The lowest BCUT2D eigenvalue weighted by molar-refractivity contribution is -0.147. The molecule has 14 nitrogen and oxygen atoms in total. The summed E-state index contributed by atoms with van der Waals surface area (Å²) in [6.07, 6.45) is -4.19. The summed E-state index contributed by atoms with van der Waals surface area (Å²) >= 11 is 0. The Balaban J connectivity index is 1.36. The number of carboxylic acids is 2. The molecule has 0 radical (unpaired) electrons. The Morgan fingerprint density at radius 1 is 0.585 bits per heavy atom. The summed E-state index contributed by atoms with van der Waals surface area (Å²) in [6.45, 7) is 2.58. The summed E-state index contributed by atoms with van der Waals surface area (Å²) in [6, 6.07) is 30.5. The minimum absolute atomic E-state index is 0.0255. The lowest BCUT2D eigenvalue weighted by Crippen LogP contribution is -2.48. The van der Waals surface area contributed by atoms with Crippen molar-refractivity contribution in [3.05, 3.63) is 131 Å². The minimum atomic E-state index is -1.41. The number of ketones is 3. The first-order valence-electron chi connectivity index (χ1n) is 21.8. The molecule has 0 aromatic heterocycles. The second-order valence-corrected chi connectivity index (χ2v) is 16.7. The number of ether oxygens (including phenoxy) is 1. The molecule has 0 heterocycles. The van der Waals surface area contributed by atoms with Crippen LogP contribution >= 0.6 is 0 Å². The monoisotopic (exact) mass is 888 g/mol. The predicted octanol–water partition coefficient (Wildman–Crippen LogP) is 5.65. The molecule has 6 unspecified atom stereocenters. The number of carbonyl (C=O) groups is 8. The number of nitrogens with one attached hydrogen (secondary N) is 2. The van der Waals surface area contributed by atoms with E-state index < -0.39 is 109 Å². The molecular formula is C51H56N2O12. The van der Waals surface area contributed by atoms with Crippen molar-refractivity contribution in [1.82, 2.24) is 10.6 Å². The van der Waals surface area contributed by atoms with E-state index in [1.165, 1.54) is 13.8 Å². The van der Waals surface area contributed by atoms with Gasteiger partial charge in [-0.15, -0.1) is 0 Å². The molecule has 6 atom stereocenters. The maximum Gasteiger partial charge on any atom is 0.306 e. The van der Waals surface area contributed by atoms with Crippen molar-refractivity contribution in [2.45, 2.75) is 95.7 Å². The summed E-state index contributed by atoms with van der Waals surface area (Å²) < 4.78 is 5.85. The van der Waals surface area contributed by atoms with E-state index in [1.54, 1.807) is 60.7 Å². The van der Waals surface area contributed by atoms with Gasteiger partial charge in [0.05, 0.1) is 30.5 Å². The number of aliphatic hydroxyl groups is 1. The molecule has 1 aliphatic rings. The van der Waals surface area contributed by atoms with Crippen molar-refractivity contribution in [3.63, 3.8) is 0 Å². The van der Waals surface area contributed by atoms with Gasteiger partial charge in [-0.3, -0.25) is 38.4 Å². The second kappa shape index (κ2) is 23.8. The molecule has 0 saturated heterocycles. The molecule has 0 spiro atoms. The summed E-state index contributed by atoms with van der Waals surface area (Å²) in [7, 11) is 0. The Morgan fingerprint density at radius 2 is 1.00 bits per heavy atom. The third-order valence-electron chi connectivity index (χ3n) is 11.9. The molecule has 0 aliphatic heterocycles. The number of carboxylic acid groups (broad SMARTS) is 2. The fraction of sp³-hybridized carbons (Fsp3) is 0.373. The summed E-state index contributed by atoms with van der Waals surface area (Å²) in [5.41, 5.74) is 5.49. The van der Waals surface area contributed by atoms with Gasteiger partial charge in [0, 0.05) is 43.4 Å². The average Bonchev–Trinajstić information content (AvgIpc) is 3.60. The summed E-state index contributed by atoms with van der Waals surface area (Å²) in [5, 5.41) is 34.5. The van der Waals surface area contributed by atoms with Gasteiger partial charge in [-0.2, -0.15) is 0 Å². The van der Waals surface area contributed by atoms with Gasteiger partial charge in [0.1, 0.15) is 12.4 Å². The molecule has 5 N–H and O–H groups in total. The zero-order valence-electron chi connectivity index (χ0n) is 36.5. The first-order valence-corrected chi connectivity index (χ1v) is 21.8. The highest BCUT2D eigenvalue weighted by atomic mass is 16.5. The Morgan fingerprint density at radius 3 is 1.43 bits per heavy atom. The van der Waals surface area contributed by atoms with E-state index in [1.807, 2.05) is 48.5 Å². The highest BCUT2D eigenvalue weighted by Crippen LogP contribution is 2.44. The van der Waals surface area contributed by atoms with Crippen LogP contribution in [0, 0.1) is 17.8 Å². The SMILES string of the molecule is CC(=O)C(CC(=O)C(CCC(=O)O)NC(=O)C(CC(=O)C(CCC(=O)O)NC(=O)C(CC(=O)OCC1c2ccccc2-c2ccccc21)Cc1ccccc1)Cc1ccccc1)C(C)O. The van der Waals surface area contributed by atoms with Crippen molar-refractivity contribution < 1.29 is 58.4 Å². The molecule has 2 amide bonds. The lowest BCUT2D eigenvalue weighted by Gasteiger charge is -2.26. The maximum absolute atomic E-state index is 14.3. The number of hydrogen-bond acceptors (Lipinski definition) is 10. The van der Waals surface area contributed by atoms with Crippen molar-refractivity contribution in [3.8, 4) is 11.1 Å². The van der Waals surface area contributed by atoms with Crippen LogP contribution in [0.4, 0.5) is 0 Å². The normalized spacial score (nSPS) is 14.6. The van der Waals surface area contributed by atoms with Gasteiger partial charge in [0.15, 0.2) is 11.6 Å². The van der Waals surface area contributed by atoms with Crippen LogP contribution in [0.3, 0.4) is 0 Å². The topological polar surface area (TPSA) is 231 Å². The first kappa shape index (κ1) is 49.2. The number of aliphatic hydroxyl groups excluding tert-OH is 1. The molecule has 0 saturated carbocycles. The zero-order chi connectivity index (χ0) is 47.0. The van der Waals surface area contributed by atoms with E-state index in [0.29, 0.717) is 5.56 Å². The van der Waals surface area contributed by atoms with E-state index in [0.717, 1.165) is 27.8 Å². The Labute approximate surface area is 377 Å². The highest BCUT2D eigenvalue weighted by Gasteiger charge is 2.35. The van der Waals surface area contributed by atoms with Crippen LogP contribution in [-0.4, -0.2) is 87.2 Å². The molecule has 0 bridgehead atoms. The van der Waals surface area contributed by atoms with Gasteiger partial charge in [-0.05, 0) is 72.9 Å². The van der Waals surface area contributed by atoms with Crippen LogP contribution in [-0.2, 0) is 55.9 Å². The van der Waals surface area contributed by atoms with Gasteiger partial charge < -0.3 is 30.7 Å². The van der Waals surface area contributed by atoms with E-state index >= 15 is 0 Å². The number of esters is 1. The molecule has 1 aliphatic carbocycles. The van der Waals surface area contributed by atoms with Crippen LogP contribution in [0.5, 0.6) is 0 Å². The number of benzene rings is 4. The minimum Gasteiger partial charge on any atom is -0.481 e. The van der Waals surface area contributed by atoms with E-state index in [4.69, 9.17) is 4.74 Å². The van der Waals surface area contributed by atoms with Crippen LogP contribution < -0.4 is 10.6 Å². The van der Waals surface area contributed by atoms with Crippen molar-refractivity contribution in [1.29, 1.82) is 0 Å². The molecule has 65 heavy (non-hydrogen) atoms. The van der Waals surface area contributed by atoms with E-state index in [9.17, 15) is 53.7 Å². The van der Waals surface area contributed by atoms with Gasteiger partial charge in [0.25, 0.3) is 0 Å². The van der Waals surface area contributed by atoms with Crippen LogP contribution in [0.1, 0.15) is 87.0 Å². The molecular weight excluding hydrogens is 833 g/mol. The Bertz CT molecular complexity index is 2280. The van der Waals surface area contributed by atoms with Crippen LogP contribution in [0.2, 0.25) is 0 Å². The number of carbonyl (C=O) groups excluding carboxylic acids is 6. The number of aliphatic carboxylic acids is 2. The average molecular weight is 889 g/mol. The van der Waals surface area contributed by atoms with Crippen LogP contribution in [0.15, 0.2) is 109 Å². The Hall–Kier alpha value is -6.80. The summed E-state index contributed by atoms with van der Waals surface area (Å²) in [4.78, 5) is 105. The number of amides is 2. The summed E-state index contributed by atoms with van der Waals surface area (Å²) in [5.74, 6) is -10.0. The van der Waals surface area contributed by atoms with Crippen molar-refractivity contribution >= 4 is 47.1 Å². The van der Waals surface area contributed by atoms with Gasteiger partial charge in [0.2, 0.25) is 11.8 Å². The molecule has 4 aromatic rings. The zero-order valence-corrected chi connectivity index (χ0v) is 36.5. The third-order valence-corrected chi connectivity index (χ3v) is 11.9. The van der Waals surface area contributed by atoms with Crippen molar-refractivity contribution in [2.24, 2.45) is 17.8 Å². The van der Waals surface area contributed by atoms with Crippen LogP contribution in [0.25, 0.3) is 11.1 Å². The van der Waals surface area contributed by atoms with Crippen molar-refractivity contribution in [2.75, 3.05) is 6.61 Å². The molecule has 5 rings (SSSR count). The first-order chi connectivity index (χ1) is 31.1. The maximum atomic E-state index is 14.3. The number of hydrogen-bond donors (Lipinski definition) is 5. The lowest BCUT2D eigenvalue weighted by atomic mass is 9.88. The smallest absolute Gasteiger partial charge is 0.306 e. The third kappa shape index (κ3) is 14.4. The predicted molar refractivity (Wildman–Crippen MR) is 239 cm³/mol. The largest absolute Gasteiger partial charge is 0.481 e. The van der Waals surface area contributed by atoms with E-state index in [2.05, 4.69) is 10.6 Å². The van der Waals surface area contributed by atoms with Gasteiger partial charge in [-0.1, -0.05) is 109 Å². The molecule has 342 valence electrons. The molecule has 0 fully saturated rings. The standard InChI is InChI=1S/C51H56N2O12/c1-31(54)41(32(2)55)29-46(57)44(22-24-48(60)61)53-50(63)35(25-33-13-5-3-6-14-33)27-45(56)43(21-23-47(58)59)52-51(64)36(26-34-15-7-4-8-16-34)28-49(62)65-30-42-39-19-11-9-17-37(39)38-18-10-12-20-40(38)42/h3-20,31,35-36,41-44,54H,21-30H2,1-2H3,(H,52,64)(H,53,63)(H,58,59)(H,60,61). The number of Topliss-reactive ketones (excluding diaryl/α,β-unsaturated/α-hetero) is 3. The number of fused-ring (bicyclic) bond motifs is 3. The van der Waals surface area contributed by atoms with Gasteiger partial charge >= 0.3 is 17.9 Å². The molecule has 14 heteroatoms.